The van der Waals surface area contributed by atoms with Crippen LogP contribution in [0.2, 0.25) is 0 Å². The molecule has 0 aliphatic heterocycles. The summed E-state index contributed by atoms with van der Waals surface area (Å²) in [7, 11) is 0. The maximum atomic E-state index is 13.4. The van der Waals surface area contributed by atoms with E-state index in [2.05, 4.69) is 31.9 Å². The fourth-order valence-corrected chi connectivity index (χ4v) is 2.66. The van der Waals surface area contributed by atoms with Crippen molar-refractivity contribution in [2.45, 2.75) is 0 Å². The highest BCUT2D eigenvalue weighted by Crippen LogP contribution is 2.40. The number of phenolic OH excluding ortho intramolecular Hbond substituents is 1. The second-order valence-corrected chi connectivity index (χ2v) is 4.63. The Bertz CT molecular complexity index is 555. The lowest BCUT2D eigenvalue weighted by atomic mass is 10.1. The largest absolute Gasteiger partial charge is 0.506 e. The number of halogens is 4. The molecule has 0 atom stereocenters. The van der Waals surface area contributed by atoms with E-state index in [1.54, 1.807) is 0 Å². The van der Waals surface area contributed by atoms with Gasteiger partial charge in [-0.25, -0.2) is 8.78 Å². The molecule has 1 N–H and O–H groups in total. The predicted octanol–water partition coefficient (Wildman–Crippen LogP) is 4.35. The summed E-state index contributed by atoms with van der Waals surface area (Å²) in [5.41, 5.74) is 0. The minimum Gasteiger partial charge on any atom is -0.506 e. The zero-order valence-corrected chi connectivity index (χ0v) is 10.4. The molecule has 0 heterocycles. The minimum absolute atomic E-state index is 0.0377. The van der Waals surface area contributed by atoms with Crippen molar-refractivity contribution in [2.24, 2.45) is 0 Å². The SMILES string of the molecule is Oc1c(Br)cc2ccc(F)c(F)c2c1Br. The molecule has 0 amide bonds. The van der Waals surface area contributed by atoms with Gasteiger partial charge in [-0.1, -0.05) is 6.07 Å². The number of rotatable bonds is 0. The third-order valence-electron chi connectivity index (χ3n) is 2.06. The lowest BCUT2D eigenvalue weighted by Crippen LogP contribution is -1.88. The van der Waals surface area contributed by atoms with Gasteiger partial charge in [0.25, 0.3) is 0 Å². The van der Waals surface area contributed by atoms with Gasteiger partial charge in [-0.2, -0.15) is 0 Å². The van der Waals surface area contributed by atoms with E-state index >= 15 is 0 Å². The first kappa shape index (κ1) is 10.8. The van der Waals surface area contributed by atoms with Gasteiger partial charge in [0, 0.05) is 5.39 Å². The molecule has 0 radical (unpaired) electrons. The lowest BCUT2D eigenvalue weighted by Gasteiger charge is -2.07. The van der Waals surface area contributed by atoms with E-state index < -0.39 is 11.6 Å². The fourth-order valence-electron chi connectivity index (χ4n) is 1.34. The van der Waals surface area contributed by atoms with E-state index in [1.807, 2.05) is 0 Å². The van der Waals surface area contributed by atoms with E-state index in [4.69, 9.17) is 0 Å². The van der Waals surface area contributed by atoms with Gasteiger partial charge in [0.05, 0.1) is 8.95 Å². The Balaban J connectivity index is 3.00. The molecule has 2 rings (SSSR count). The molecule has 15 heavy (non-hydrogen) atoms. The van der Waals surface area contributed by atoms with Crippen LogP contribution in [0.25, 0.3) is 10.8 Å². The van der Waals surface area contributed by atoms with Crippen molar-refractivity contribution in [1.82, 2.24) is 0 Å². The third-order valence-corrected chi connectivity index (χ3v) is 3.44. The van der Waals surface area contributed by atoms with Crippen LogP contribution in [-0.4, -0.2) is 5.11 Å². The first-order chi connectivity index (χ1) is 7.02. The highest BCUT2D eigenvalue weighted by molar-refractivity contribution is 9.11. The highest BCUT2D eigenvalue weighted by atomic mass is 79.9. The Hall–Kier alpha value is -0.680. The summed E-state index contributed by atoms with van der Waals surface area (Å²) in [4.78, 5) is 0. The van der Waals surface area contributed by atoms with E-state index in [9.17, 15) is 13.9 Å². The molecule has 2 aromatic carbocycles. The maximum absolute atomic E-state index is 13.4. The standard InChI is InChI=1S/C10H4Br2F2O/c11-5-3-4-1-2-6(13)9(14)7(4)8(12)10(5)15/h1-3,15H. The smallest absolute Gasteiger partial charge is 0.167 e. The van der Waals surface area contributed by atoms with Gasteiger partial charge < -0.3 is 5.11 Å². The average Bonchev–Trinajstić information content (AvgIpc) is 2.20. The Morgan fingerprint density at radius 2 is 1.80 bits per heavy atom. The first-order valence-corrected chi connectivity index (χ1v) is 5.55. The van der Waals surface area contributed by atoms with Crippen LogP contribution in [-0.2, 0) is 0 Å². The second kappa shape index (κ2) is 3.72. The van der Waals surface area contributed by atoms with Crippen LogP contribution in [0.1, 0.15) is 0 Å². The number of benzene rings is 2. The number of hydrogen-bond acceptors (Lipinski definition) is 1. The van der Waals surface area contributed by atoms with Gasteiger partial charge in [-0.15, -0.1) is 0 Å². The molecule has 0 aliphatic carbocycles. The van der Waals surface area contributed by atoms with Gasteiger partial charge in [0.15, 0.2) is 11.6 Å². The molecule has 1 nitrogen and oxygen atoms in total. The molecular weight excluding hydrogens is 334 g/mol. The molecule has 0 fully saturated rings. The monoisotopic (exact) mass is 336 g/mol. The topological polar surface area (TPSA) is 20.2 Å². The minimum atomic E-state index is -0.970. The van der Waals surface area contributed by atoms with Crippen molar-refractivity contribution >= 4 is 42.6 Å². The molecule has 0 saturated carbocycles. The molecule has 0 spiro atoms. The van der Waals surface area contributed by atoms with Crippen molar-refractivity contribution < 1.29 is 13.9 Å². The Kier molecular flexibility index (Phi) is 2.68. The van der Waals surface area contributed by atoms with Gasteiger partial charge >= 0.3 is 0 Å². The summed E-state index contributed by atoms with van der Waals surface area (Å²) in [5.74, 6) is -2.06. The fraction of sp³-hybridized carbons (Fsp3) is 0. The predicted molar refractivity (Wildman–Crippen MR) is 60.9 cm³/mol. The molecule has 5 heteroatoms. The highest BCUT2D eigenvalue weighted by Gasteiger charge is 2.15. The molecule has 0 unspecified atom stereocenters. The van der Waals surface area contributed by atoms with Gasteiger partial charge in [-0.05, 0) is 49.4 Å². The summed E-state index contributed by atoms with van der Waals surface area (Å²) < 4.78 is 27.0. The third kappa shape index (κ3) is 1.63. The van der Waals surface area contributed by atoms with E-state index in [0.29, 0.717) is 9.86 Å². The van der Waals surface area contributed by atoms with Crippen molar-refractivity contribution in [3.8, 4) is 5.75 Å². The number of fused-ring (bicyclic) bond motifs is 1. The molecule has 0 bridgehead atoms. The Morgan fingerprint density at radius 3 is 2.47 bits per heavy atom. The lowest BCUT2D eigenvalue weighted by molar-refractivity contribution is 0.468. The summed E-state index contributed by atoms with van der Waals surface area (Å²) in [5, 5.41) is 10.1. The summed E-state index contributed by atoms with van der Waals surface area (Å²) in [6, 6.07) is 4.02. The first-order valence-electron chi connectivity index (χ1n) is 3.97. The van der Waals surface area contributed by atoms with Crippen LogP contribution in [0, 0.1) is 11.6 Å². The van der Waals surface area contributed by atoms with Crippen LogP contribution in [0.15, 0.2) is 27.1 Å². The molecule has 78 valence electrons. The van der Waals surface area contributed by atoms with Crippen LogP contribution in [0.4, 0.5) is 8.78 Å². The zero-order chi connectivity index (χ0) is 11.2. The van der Waals surface area contributed by atoms with Crippen molar-refractivity contribution in [1.29, 1.82) is 0 Å². The summed E-state index contributed by atoms with van der Waals surface area (Å²) >= 11 is 6.14. The number of phenols is 1. The van der Waals surface area contributed by atoms with Crippen LogP contribution >= 0.6 is 31.9 Å². The van der Waals surface area contributed by atoms with Crippen LogP contribution in [0.5, 0.6) is 5.75 Å². The van der Waals surface area contributed by atoms with Crippen molar-refractivity contribution in [3.63, 3.8) is 0 Å². The zero-order valence-electron chi connectivity index (χ0n) is 7.19. The molecule has 0 aromatic heterocycles. The van der Waals surface area contributed by atoms with Gasteiger partial charge in [0.2, 0.25) is 0 Å². The van der Waals surface area contributed by atoms with Gasteiger partial charge in [0.1, 0.15) is 5.75 Å². The van der Waals surface area contributed by atoms with E-state index in [-0.39, 0.29) is 15.6 Å². The van der Waals surface area contributed by atoms with Crippen molar-refractivity contribution in [2.75, 3.05) is 0 Å². The van der Waals surface area contributed by atoms with Crippen molar-refractivity contribution in [3.05, 3.63) is 38.8 Å². The number of aromatic hydroxyl groups is 1. The number of hydrogen-bond donors (Lipinski definition) is 1. The van der Waals surface area contributed by atoms with E-state index in [1.165, 1.54) is 12.1 Å². The molecular formula is C10H4Br2F2O. The molecule has 0 aliphatic rings. The Morgan fingerprint density at radius 1 is 1.13 bits per heavy atom. The Labute approximate surface area is 101 Å². The van der Waals surface area contributed by atoms with Gasteiger partial charge in [-0.3, -0.25) is 0 Å². The quantitative estimate of drug-likeness (QED) is 0.757. The van der Waals surface area contributed by atoms with Crippen LogP contribution < -0.4 is 0 Å². The van der Waals surface area contributed by atoms with E-state index in [0.717, 1.165) is 6.07 Å². The summed E-state index contributed by atoms with van der Waals surface area (Å²) in [6.45, 7) is 0. The van der Waals surface area contributed by atoms with Crippen LogP contribution in [0.3, 0.4) is 0 Å². The second-order valence-electron chi connectivity index (χ2n) is 2.98. The maximum Gasteiger partial charge on any atom is 0.167 e. The molecule has 0 saturated heterocycles. The summed E-state index contributed by atoms with van der Waals surface area (Å²) in [6.07, 6.45) is 0. The molecule has 2 aromatic rings. The normalized spacial score (nSPS) is 10.9. The average molecular weight is 338 g/mol.